The molecule has 23 heavy (non-hydrogen) atoms. The molecule has 1 atom stereocenters. The van der Waals surface area contributed by atoms with Crippen molar-refractivity contribution in [3.8, 4) is 0 Å². The van der Waals surface area contributed by atoms with Gasteiger partial charge in [-0.15, -0.1) is 0 Å². The number of carbonyl (C=O) groups excluding carboxylic acids is 1. The normalized spacial score (nSPS) is 12.8. The number of benzene rings is 2. The van der Waals surface area contributed by atoms with E-state index in [1.807, 2.05) is 0 Å². The Bertz CT molecular complexity index is 709. The molecule has 1 N–H and O–H groups in total. The van der Waals surface area contributed by atoms with Crippen molar-refractivity contribution in [3.63, 3.8) is 0 Å². The van der Waals surface area contributed by atoms with Gasteiger partial charge >= 0.3 is 6.18 Å². The molecule has 0 bridgehead atoms. The molecule has 2 rings (SSSR count). The minimum atomic E-state index is -4.49. The highest BCUT2D eigenvalue weighted by atomic mass is 19.4. The van der Waals surface area contributed by atoms with Gasteiger partial charge in [0.15, 0.2) is 0 Å². The summed E-state index contributed by atoms with van der Waals surface area (Å²) in [6.07, 6.45) is -4.49. The fourth-order valence-electron chi connectivity index (χ4n) is 2.02. The lowest BCUT2D eigenvalue weighted by molar-refractivity contribution is -0.137. The van der Waals surface area contributed by atoms with Gasteiger partial charge in [0.1, 0.15) is 11.6 Å². The van der Waals surface area contributed by atoms with E-state index in [4.69, 9.17) is 0 Å². The summed E-state index contributed by atoms with van der Waals surface area (Å²) in [6.45, 7) is 1.48. The molecular weight excluding hydrogens is 317 g/mol. The first kappa shape index (κ1) is 16.9. The zero-order valence-corrected chi connectivity index (χ0v) is 11.9. The minimum Gasteiger partial charge on any atom is -0.345 e. The van der Waals surface area contributed by atoms with Crippen LogP contribution >= 0.6 is 0 Å². The van der Waals surface area contributed by atoms with E-state index in [0.29, 0.717) is 6.07 Å². The Morgan fingerprint density at radius 1 is 1.04 bits per heavy atom. The molecule has 0 fully saturated rings. The van der Waals surface area contributed by atoms with E-state index in [0.717, 1.165) is 30.3 Å². The molecule has 0 aliphatic rings. The highest BCUT2D eigenvalue weighted by Gasteiger charge is 2.30. The average Bonchev–Trinajstić information content (AvgIpc) is 2.46. The first-order chi connectivity index (χ1) is 10.7. The van der Waals surface area contributed by atoms with E-state index in [9.17, 15) is 26.7 Å². The predicted molar refractivity (Wildman–Crippen MR) is 73.7 cm³/mol. The maximum atomic E-state index is 13.6. The van der Waals surface area contributed by atoms with Crippen LogP contribution in [-0.4, -0.2) is 5.91 Å². The van der Waals surface area contributed by atoms with E-state index in [1.165, 1.54) is 13.0 Å². The van der Waals surface area contributed by atoms with Crippen LogP contribution in [0.5, 0.6) is 0 Å². The van der Waals surface area contributed by atoms with Crippen molar-refractivity contribution >= 4 is 5.91 Å². The summed E-state index contributed by atoms with van der Waals surface area (Å²) in [6, 6.07) is 5.82. The molecule has 122 valence electrons. The zero-order valence-electron chi connectivity index (χ0n) is 11.9. The van der Waals surface area contributed by atoms with Crippen molar-refractivity contribution in [2.45, 2.75) is 19.1 Å². The van der Waals surface area contributed by atoms with Crippen molar-refractivity contribution in [2.24, 2.45) is 0 Å². The third-order valence-electron chi connectivity index (χ3n) is 3.25. The predicted octanol–water partition coefficient (Wildman–Crippen LogP) is 4.47. The van der Waals surface area contributed by atoms with Gasteiger partial charge in [0.05, 0.1) is 11.6 Å². The first-order valence-electron chi connectivity index (χ1n) is 6.61. The highest BCUT2D eigenvalue weighted by Crippen LogP contribution is 2.29. The SMILES string of the molecule is C[C@H](NC(=O)c1ccc(C(F)(F)F)cc1)c1ccc(F)cc1F. The molecule has 0 aliphatic carbocycles. The quantitative estimate of drug-likeness (QED) is 0.827. The fourth-order valence-corrected chi connectivity index (χ4v) is 2.02. The van der Waals surface area contributed by atoms with Crippen LogP contribution in [0.25, 0.3) is 0 Å². The number of hydrogen-bond donors (Lipinski definition) is 1. The average molecular weight is 329 g/mol. The molecule has 0 saturated carbocycles. The van der Waals surface area contributed by atoms with Crippen molar-refractivity contribution in [1.82, 2.24) is 5.32 Å². The second-order valence-corrected chi connectivity index (χ2v) is 4.94. The molecule has 0 radical (unpaired) electrons. The molecule has 2 aromatic carbocycles. The van der Waals surface area contributed by atoms with Gasteiger partial charge in [-0.2, -0.15) is 13.2 Å². The fraction of sp³-hybridized carbons (Fsp3) is 0.188. The highest BCUT2D eigenvalue weighted by molar-refractivity contribution is 5.94. The van der Waals surface area contributed by atoms with E-state index in [-0.39, 0.29) is 11.1 Å². The number of rotatable bonds is 3. The molecule has 0 aliphatic heterocycles. The Morgan fingerprint density at radius 2 is 1.65 bits per heavy atom. The molecule has 0 saturated heterocycles. The van der Waals surface area contributed by atoms with Gasteiger partial charge in [-0.25, -0.2) is 8.78 Å². The van der Waals surface area contributed by atoms with E-state index >= 15 is 0 Å². The zero-order chi connectivity index (χ0) is 17.2. The summed E-state index contributed by atoms with van der Waals surface area (Å²) in [5, 5.41) is 2.45. The van der Waals surface area contributed by atoms with Gasteiger partial charge in [-0.05, 0) is 37.3 Å². The second-order valence-electron chi connectivity index (χ2n) is 4.94. The number of halogens is 5. The van der Waals surface area contributed by atoms with Gasteiger partial charge in [0.2, 0.25) is 0 Å². The third kappa shape index (κ3) is 4.06. The number of alkyl halides is 3. The summed E-state index contributed by atoms with van der Waals surface area (Å²) in [7, 11) is 0. The van der Waals surface area contributed by atoms with Gasteiger partial charge in [-0.3, -0.25) is 4.79 Å². The van der Waals surface area contributed by atoms with E-state index in [2.05, 4.69) is 5.32 Å². The third-order valence-corrected chi connectivity index (χ3v) is 3.25. The van der Waals surface area contributed by atoms with Gasteiger partial charge < -0.3 is 5.32 Å². The van der Waals surface area contributed by atoms with Crippen LogP contribution in [0.1, 0.15) is 34.5 Å². The lowest BCUT2D eigenvalue weighted by Crippen LogP contribution is -2.27. The van der Waals surface area contributed by atoms with Crippen molar-refractivity contribution in [3.05, 3.63) is 70.8 Å². The Kier molecular flexibility index (Phi) is 4.68. The van der Waals surface area contributed by atoms with Gasteiger partial charge in [0, 0.05) is 17.2 Å². The van der Waals surface area contributed by atoms with Crippen LogP contribution in [0.4, 0.5) is 22.0 Å². The van der Waals surface area contributed by atoms with Crippen LogP contribution in [0.2, 0.25) is 0 Å². The minimum absolute atomic E-state index is 0.00682. The molecule has 0 heterocycles. The largest absolute Gasteiger partial charge is 0.416 e. The Morgan fingerprint density at radius 3 is 2.17 bits per heavy atom. The number of nitrogens with one attached hydrogen (secondary N) is 1. The van der Waals surface area contributed by atoms with Crippen molar-refractivity contribution < 1.29 is 26.7 Å². The van der Waals surface area contributed by atoms with Crippen molar-refractivity contribution in [1.29, 1.82) is 0 Å². The van der Waals surface area contributed by atoms with Crippen LogP contribution < -0.4 is 5.32 Å². The molecule has 2 nitrogen and oxygen atoms in total. The first-order valence-corrected chi connectivity index (χ1v) is 6.61. The van der Waals surface area contributed by atoms with Crippen LogP contribution in [0.3, 0.4) is 0 Å². The molecule has 7 heteroatoms. The monoisotopic (exact) mass is 329 g/mol. The smallest absolute Gasteiger partial charge is 0.345 e. The van der Waals surface area contributed by atoms with Crippen LogP contribution in [0, 0.1) is 11.6 Å². The number of carbonyl (C=O) groups is 1. The molecular formula is C16H12F5NO. The molecule has 2 aromatic rings. The summed E-state index contributed by atoms with van der Waals surface area (Å²) in [5.74, 6) is -2.22. The molecule has 0 unspecified atom stereocenters. The maximum absolute atomic E-state index is 13.6. The number of hydrogen-bond acceptors (Lipinski definition) is 1. The Balaban J connectivity index is 2.12. The topological polar surface area (TPSA) is 29.1 Å². The second kappa shape index (κ2) is 6.36. The Labute approximate surface area is 128 Å². The van der Waals surface area contributed by atoms with Gasteiger partial charge in [-0.1, -0.05) is 6.07 Å². The van der Waals surface area contributed by atoms with Gasteiger partial charge in [0.25, 0.3) is 5.91 Å². The van der Waals surface area contributed by atoms with E-state index in [1.54, 1.807) is 0 Å². The Hall–Kier alpha value is -2.44. The van der Waals surface area contributed by atoms with E-state index < -0.39 is 35.3 Å². The standard InChI is InChI=1S/C16H12F5NO/c1-9(13-7-6-12(17)8-14(13)18)22-15(23)10-2-4-11(5-3-10)16(19,20)21/h2-9H,1H3,(H,22,23)/t9-/m0/s1. The summed E-state index contributed by atoms with van der Waals surface area (Å²) >= 11 is 0. The van der Waals surface area contributed by atoms with Crippen LogP contribution in [0.15, 0.2) is 42.5 Å². The lowest BCUT2D eigenvalue weighted by atomic mass is 10.1. The lowest BCUT2D eigenvalue weighted by Gasteiger charge is -2.15. The summed E-state index contributed by atoms with van der Waals surface area (Å²) in [4.78, 5) is 12.0. The van der Waals surface area contributed by atoms with Crippen LogP contribution in [-0.2, 0) is 6.18 Å². The summed E-state index contributed by atoms with van der Waals surface area (Å²) < 4.78 is 63.8. The molecule has 1 amide bonds. The number of amides is 1. The maximum Gasteiger partial charge on any atom is 0.416 e. The molecule has 0 spiro atoms. The van der Waals surface area contributed by atoms with Crippen molar-refractivity contribution in [2.75, 3.05) is 0 Å². The summed E-state index contributed by atoms with van der Waals surface area (Å²) in [5.41, 5.74) is -0.786. The molecule has 0 aromatic heterocycles.